The molecule has 0 fully saturated rings. The Morgan fingerprint density at radius 2 is 1.56 bits per heavy atom. The molecule has 0 saturated carbocycles. The molecule has 0 spiro atoms. The molecular weight excluding hydrogens is 234 g/mol. The number of benzene rings is 1. The van der Waals surface area contributed by atoms with Gasteiger partial charge in [-0.15, -0.1) is 0 Å². The quantitative estimate of drug-likeness (QED) is 0.665. The van der Waals surface area contributed by atoms with Gasteiger partial charge in [0.25, 0.3) is 0 Å². The van der Waals surface area contributed by atoms with Crippen LogP contribution in [-0.4, -0.2) is 5.11 Å². The monoisotopic (exact) mass is 256 g/mol. The molecule has 0 radical (unpaired) electrons. The molecule has 1 atom stereocenters. The first kappa shape index (κ1) is 15.1. The highest BCUT2D eigenvalue weighted by atomic mass is 19.1. The predicted octanol–water partition coefficient (Wildman–Crippen LogP) is 4.75. The number of unbranched alkanes of at least 4 members (excludes halogenated alkanes) is 5. The Bertz CT molecular complexity index is 332. The molecule has 0 aliphatic rings. The lowest BCUT2D eigenvalue weighted by Gasteiger charge is -2.12. The summed E-state index contributed by atoms with van der Waals surface area (Å²) in [5.74, 6) is -1.32. The van der Waals surface area contributed by atoms with Crippen molar-refractivity contribution in [3.8, 4) is 0 Å². The molecule has 102 valence electrons. The molecular formula is C15H22F2O. The summed E-state index contributed by atoms with van der Waals surface area (Å²) < 4.78 is 26.8. The zero-order valence-electron chi connectivity index (χ0n) is 11.0. The van der Waals surface area contributed by atoms with Crippen LogP contribution in [0, 0.1) is 11.6 Å². The van der Waals surface area contributed by atoms with Crippen LogP contribution in [0.3, 0.4) is 0 Å². The lowest BCUT2D eigenvalue weighted by molar-refractivity contribution is 0.154. The smallest absolute Gasteiger partial charge is 0.131 e. The summed E-state index contributed by atoms with van der Waals surface area (Å²) in [4.78, 5) is 0. The van der Waals surface area contributed by atoms with Crippen LogP contribution in [0.1, 0.15) is 63.5 Å². The number of aliphatic hydroxyl groups is 1. The molecule has 0 aliphatic heterocycles. The van der Waals surface area contributed by atoms with Crippen molar-refractivity contribution in [1.29, 1.82) is 0 Å². The van der Waals surface area contributed by atoms with Crippen molar-refractivity contribution >= 4 is 0 Å². The fourth-order valence-corrected chi connectivity index (χ4v) is 2.09. The van der Waals surface area contributed by atoms with Gasteiger partial charge in [-0.3, -0.25) is 0 Å². The standard InChI is InChI=1S/C15H22F2O/c1-2-3-4-5-6-7-11-14(18)15-12(16)9-8-10-13(15)17/h8-10,14,18H,2-7,11H2,1H3. The lowest BCUT2D eigenvalue weighted by Crippen LogP contribution is -2.04. The van der Waals surface area contributed by atoms with Crippen molar-refractivity contribution in [3.63, 3.8) is 0 Å². The van der Waals surface area contributed by atoms with Crippen molar-refractivity contribution in [2.45, 2.75) is 58.0 Å². The molecule has 0 aliphatic carbocycles. The minimum Gasteiger partial charge on any atom is -0.388 e. The molecule has 0 saturated heterocycles. The van der Waals surface area contributed by atoms with Gasteiger partial charge in [-0.05, 0) is 18.6 Å². The first-order valence-corrected chi connectivity index (χ1v) is 6.78. The molecule has 1 rings (SSSR count). The van der Waals surface area contributed by atoms with Crippen LogP contribution in [0.25, 0.3) is 0 Å². The van der Waals surface area contributed by atoms with E-state index in [-0.39, 0.29) is 5.56 Å². The molecule has 1 aromatic carbocycles. The summed E-state index contributed by atoms with van der Waals surface area (Å²) in [6.45, 7) is 2.16. The average molecular weight is 256 g/mol. The van der Waals surface area contributed by atoms with E-state index in [1.807, 2.05) is 0 Å². The molecule has 0 bridgehead atoms. The first-order chi connectivity index (χ1) is 8.66. The van der Waals surface area contributed by atoms with Crippen LogP contribution in [0.5, 0.6) is 0 Å². The molecule has 0 heterocycles. The second-order valence-corrected chi connectivity index (χ2v) is 4.71. The third kappa shape index (κ3) is 4.73. The minimum absolute atomic E-state index is 0.189. The van der Waals surface area contributed by atoms with Gasteiger partial charge in [0.2, 0.25) is 0 Å². The maximum absolute atomic E-state index is 13.4. The van der Waals surface area contributed by atoms with Crippen LogP contribution >= 0.6 is 0 Å². The molecule has 1 unspecified atom stereocenters. The molecule has 3 heteroatoms. The number of hydrogen-bond donors (Lipinski definition) is 1. The van der Waals surface area contributed by atoms with E-state index in [0.29, 0.717) is 6.42 Å². The summed E-state index contributed by atoms with van der Waals surface area (Å²) in [5.41, 5.74) is -0.189. The average Bonchev–Trinajstić information content (AvgIpc) is 2.33. The normalized spacial score (nSPS) is 12.7. The third-order valence-corrected chi connectivity index (χ3v) is 3.16. The zero-order chi connectivity index (χ0) is 13.4. The van der Waals surface area contributed by atoms with Gasteiger partial charge in [-0.25, -0.2) is 8.78 Å². The maximum atomic E-state index is 13.4. The van der Waals surface area contributed by atoms with Crippen LogP contribution in [0.2, 0.25) is 0 Å². The SMILES string of the molecule is CCCCCCCCC(O)c1c(F)cccc1F. The van der Waals surface area contributed by atoms with E-state index in [4.69, 9.17) is 0 Å². The molecule has 0 amide bonds. The van der Waals surface area contributed by atoms with Gasteiger partial charge in [-0.2, -0.15) is 0 Å². The highest BCUT2D eigenvalue weighted by Gasteiger charge is 2.16. The maximum Gasteiger partial charge on any atom is 0.131 e. The zero-order valence-corrected chi connectivity index (χ0v) is 11.0. The van der Waals surface area contributed by atoms with E-state index in [9.17, 15) is 13.9 Å². The van der Waals surface area contributed by atoms with E-state index in [1.54, 1.807) is 0 Å². The van der Waals surface area contributed by atoms with Crippen LogP contribution < -0.4 is 0 Å². The highest BCUT2D eigenvalue weighted by Crippen LogP contribution is 2.25. The largest absolute Gasteiger partial charge is 0.388 e. The first-order valence-electron chi connectivity index (χ1n) is 6.78. The van der Waals surface area contributed by atoms with Crippen molar-refractivity contribution in [2.24, 2.45) is 0 Å². The van der Waals surface area contributed by atoms with Crippen molar-refractivity contribution in [1.82, 2.24) is 0 Å². The Hall–Kier alpha value is -0.960. The summed E-state index contributed by atoms with van der Waals surface area (Å²) >= 11 is 0. The van der Waals surface area contributed by atoms with Gasteiger partial charge in [-0.1, -0.05) is 51.5 Å². The Morgan fingerprint density at radius 1 is 1.00 bits per heavy atom. The summed E-state index contributed by atoms with van der Waals surface area (Å²) in [5, 5.41) is 9.80. The lowest BCUT2D eigenvalue weighted by atomic mass is 10.0. The fraction of sp³-hybridized carbons (Fsp3) is 0.600. The van der Waals surface area contributed by atoms with Crippen LogP contribution in [0.4, 0.5) is 8.78 Å². The predicted molar refractivity (Wildman–Crippen MR) is 69.3 cm³/mol. The van der Waals surface area contributed by atoms with E-state index in [0.717, 1.165) is 19.3 Å². The summed E-state index contributed by atoms with van der Waals surface area (Å²) in [7, 11) is 0. The van der Waals surface area contributed by atoms with E-state index in [1.165, 1.54) is 37.5 Å². The second-order valence-electron chi connectivity index (χ2n) is 4.71. The van der Waals surface area contributed by atoms with Gasteiger partial charge in [0.15, 0.2) is 0 Å². The van der Waals surface area contributed by atoms with Crippen molar-refractivity contribution in [2.75, 3.05) is 0 Å². The molecule has 18 heavy (non-hydrogen) atoms. The van der Waals surface area contributed by atoms with E-state index >= 15 is 0 Å². The number of halogens is 2. The third-order valence-electron chi connectivity index (χ3n) is 3.16. The molecule has 1 aromatic rings. The number of hydrogen-bond acceptors (Lipinski definition) is 1. The number of aliphatic hydroxyl groups excluding tert-OH is 1. The second kappa shape index (κ2) is 8.20. The van der Waals surface area contributed by atoms with E-state index < -0.39 is 17.7 Å². The van der Waals surface area contributed by atoms with Crippen LogP contribution in [0.15, 0.2) is 18.2 Å². The Kier molecular flexibility index (Phi) is 6.88. The van der Waals surface area contributed by atoms with Crippen molar-refractivity contribution in [3.05, 3.63) is 35.4 Å². The van der Waals surface area contributed by atoms with Gasteiger partial charge in [0.05, 0.1) is 11.7 Å². The minimum atomic E-state index is -1.03. The van der Waals surface area contributed by atoms with Crippen molar-refractivity contribution < 1.29 is 13.9 Å². The topological polar surface area (TPSA) is 20.2 Å². The van der Waals surface area contributed by atoms with Gasteiger partial charge in [0.1, 0.15) is 11.6 Å². The molecule has 1 N–H and O–H groups in total. The van der Waals surface area contributed by atoms with Gasteiger partial charge in [0, 0.05) is 0 Å². The molecule has 1 nitrogen and oxygen atoms in total. The number of rotatable bonds is 8. The summed E-state index contributed by atoms with van der Waals surface area (Å²) in [6, 6.07) is 3.68. The fourth-order valence-electron chi connectivity index (χ4n) is 2.09. The highest BCUT2D eigenvalue weighted by molar-refractivity contribution is 5.21. The van der Waals surface area contributed by atoms with E-state index in [2.05, 4.69) is 6.92 Å². The summed E-state index contributed by atoms with van der Waals surface area (Å²) in [6.07, 6.45) is 5.95. The Labute approximate surface area is 108 Å². The molecule has 0 aromatic heterocycles. The van der Waals surface area contributed by atoms with Crippen LogP contribution in [-0.2, 0) is 0 Å². The Balaban J connectivity index is 2.34. The van der Waals surface area contributed by atoms with Gasteiger partial charge < -0.3 is 5.11 Å². The van der Waals surface area contributed by atoms with Gasteiger partial charge >= 0.3 is 0 Å². The Morgan fingerprint density at radius 3 is 2.17 bits per heavy atom.